The zero-order valence-electron chi connectivity index (χ0n) is 52.5. The minimum atomic E-state index is -5.25. The summed E-state index contributed by atoms with van der Waals surface area (Å²) in [6.45, 7) is 22.1. The number of carbonyl (C=O) groups excluding carboxylic acids is 4. The summed E-state index contributed by atoms with van der Waals surface area (Å²) in [5.74, 6) is -3.27. The van der Waals surface area contributed by atoms with E-state index in [1.165, 1.54) is 81.4 Å². The van der Waals surface area contributed by atoms with Gasteiger partial charge in [-0.2, -0.15) is 33.7 Å². The van der Waals surface area contributed by atoms with E-state index in [9.17, 15) is 46.2 Å². The zero-order valence-corrected chi connectivity index (χ0v) is 57.4. The van der Waals surface area contributed by atoms with Crippen molar-refractivity contribution < 1.29 is 75.7 Å². The van der Waals surface area contributed by atoms with Crippen LogP contribution < -0.4 is 40.5 Å². The molecule has 0 bridgehead atoms. The molecule has 0 radical (unpaired) electrons. The zero-order chi connectivity index (χ0) is 71.8. The Balaban J connectivity index is 0.00000201. The molecule has 0 unspecified atom stereocenters. The number of benzene rings is 4. The van der Waals surface area contributed by atoms with Gasteiger partial charge in [-0.1, -0.05) is 30.8 Å². The standard InChI is InChI=1S/C59H57F2N15O9S4.2O3S/c1-11-75(12-2)47-27-42(44(29-49(47)84-9)71-73-55-41(31-62)52(89(81,82)83)51(88-55)26-40(33(7)78)54(80)65-37-21-17-19-35(61)23-37)66-57-68-58(70-59(69-57)86-15-5)67-43-28-48(76(13-3)14-4)50(85-10)30-45(43)72-74-56-46(63-8)25-38(87-56)24-39(32(6)77)53(79)64-36-20-16-18-34(60)22-36;2*1-4(2)3/h16-30H,11-15H2,1-7,9-10H3,(H,64,79)(H,65,80)(H,81,82,83)(H2,66,67,68,69,70);;/b39-24+,40-26-,73-71?,74-72?;;. The van der Waals surface area contributed by atoms with Gasteiger partial charge >= 0.3 is 21.2 Å². The molecule has 97 heavy (non-hydrogen) atoms. The number of anilines is 8. The van der Waals surface area contributed by atoms with Crippen LogP contribution in [-0.4, -0.2) is 123 Å². The van der Waals surface area contributed by atoms with Crippen LogP contribution in [0.15, 0.2) is 121 Å². The number of aromatic nitrogens is 3. The molecule has 7 aromatic rings. The lowest BCUT2D eigenvalue weighted by Gasteiger charge is -2.25. The lowest BCUT2D eigenvalue weighted by atomic mass is 10.1. The molecule has 0 spiro atoms. The molecule has 0 aliphatic carbocycles. The Morgan fingerprint density at radius 3 is 1.52 bits per heavy atom. The monoisotopic (exact) mass is 1450 g/mol. The molecule has 0 saturated carbocycles. The topological polar surface area (TPSA) is 414 Å². The number of Topliss-reactive ketones (excluding diaryl/α,β-unsaturated/α-hetero) is 2. The Kier molecular flexibility index (Phi) is 28.9. The predicted molar refractivity (Wildman–Crippen MR) is 360 cm³/mol. The van der Waals surface area contributed by atoms with Gasteiger partial charge in [-0.05, 0) is 114 Å². The first-order chi connectivity index (χ1) is 46.0. The van der Waals surface area contributed by atoms with Gasteiger partial charge in [0.05, 0.1) is 59.6 Å². The van der Waals surface area contributed by atoms with Gasteiger partial charge in [0.15, 0.2) is 21.7 Å². The lowest BCUT2D eigenvalue weighted by molar-refractivity contribution is -0.120. The van der Waals surface area contributed by atoms with Crippen LogP contribution >= 0.6 is 34.4 Å². The van der Waals surface area contributed by atoms with Crippen LogP contribution in [0, 0.1) is 29.5 Å². The summed E-state index contributed by atoms with van der Waals surface area (Å²) < 4.78 is 127. The number of rotatable bonds is 27. The normalized spacial score (nSPS) is 11.2. The minimum Gasteiger partial charge on any atom is -0.494 e. The number of hydrogen-bond acceptors (Lipinski definition) is 29. The van der Waals surface area contributed by atoms with Gasteiger partial charge < -0.3 is 40.5 Å². The molecule has 2 amide bonds. The number of halogens is 2. The average Bonchev–Trinajstić information content (AvgIpc) is 1.71. The molecule has 38 heteroatoms. The number of thioether (sulfide) groups is 1. The van der Waals surface area contributed by atoms with Gasteiger partial charge in [0.2, 0.25) is 17.6 Å². The number of carbonyl (C=O) groups is 4. The Bertz CT molecular complexity index is 4680. The molecule has 0 saturated heterocycles. The van der Waals surface area contributed by atoms with Crippen LogP contribution in [0.25, 0.3) is 17.0 Å². The van der Waals surface area contributed by atoms with E-state index in [4.69, 9.17) is 56.3 Å². The van der Waals surface area contributed by atoms with Crippen LogP contribution in [0.5, 0.6) is 11.5 Å². The smallest absolute Gasteiger partial charge is 0.425 e. The summed E-state index contributed by atoms with van der Waals surface area (Å²) >= 11 is 2.79. The number of ether oxygens (including phenoxy) is 2. The number of ketones is 2. The number of hydrogen-bond donors (Lipinski definition) is 5. The second-order valence-corrected chi connectivity index (χ2v) is 24.4. The van der Waals surface area contributed by atoms with Gasteiger partial charge in [-0.25, -0.2) is 13.6 Å². The maximum absolute atomic E-state index is 14.0. The second kappa shape index (κ2) is 36.3. The summed E-state index contributed by atoms with van der Waals surface area (Å²) in [7, 11) is -8.52. The summed E-state index contributed by atoms with van der Waals surface area (Å²) in [6, 6.07) is 19.8. The SMILES string of the molecule is O=S(=O)=O.O=S(=O)=O.[C-]#[N+]c1cc(/C=C(\C(C)=O)C(=O)Nc2cccc(F)c2)sc1N=Nc1cc(OC)c(N(CC)CC)cc1Nc1nc(Nc2cc(N(CC)CC)c(OC)cc2N=Nc2sc(/C=C(/C(C)=O)C(=O)Nc3cccc(F)c3)c(S(=O)(=O)O)c2C#N)nc(SCC)n1. The summed E-state index contributed by atoms with van der Waals surface area (Å²) in [5.41, 5.74) is 0.686. The highest BCUT2D eigenvalue weighted by Crippen LogP contribution is 2.46. The molecule has 30 nitrogen and oxygen atoms in total. The number of amides is 2. The highest BCUT2D eigenvalue weighted by atomic mass is 32.2. The molecule has 4 aromatic carbocycles. The Morgan fingerprint density at radius 2 is 1.13 bits per heavy atom. The predicted octanol–water partition coefficient (Wildman–Crippen LogP) is 12.3. The van der Waals surface area contributed by atoms with Crippen molar-refractivity contribution in [3.05, 3.63) is 128 Å². The van der Waals surface area contributed by atoms with Crippen LogP contribution in [0.3, 0.4) is 0 Å². The van der Waals surface area contributed by atoms with Gasteiger partial charge in [-0.15, -0.1) is 63.3 Å². The number of nitrogens with zero attached hydrogens (tertiary/aromatic N) is 11. The number of methoxy groups -OCH3 is 2. The summed E-state index contributed by atoms with van der Waals surface area (Å²) in [5, 5.41) is 39.7. The Morgan fingerprint density at radius 1 is 0.691 bits per heavy atom. The number of nitrogens with one attached hydrogen (secondary N) is 4. The van der Waals surface area contributed by atoms with Crippen LogP contribution in [0.1, 0.15) is 63.8 Å². The largest absolute Gasteiger partial charge is 0.494 e. The minimum absolute atomic E-state index is 0.00927. The lowest BCUT2D eigenvalue weighted by Crippen LogP contribution is -2.22. The molecular formula is C59H57F2N15O15S6. The molecule has 508 valence electrons. The highest BCUT2D eigenvalue weighted by molar-refractivity contribution is 7.99. The number of azo groups is 2. The van der Waals surface area contributed by atoms with Crippen LogP contribution in [-0.2, 0) is 50.5 Å². The first-order valence-electron chi connectivity index (χ1n) is 27.9. The first kappa shape index (κ1) is 77.1. The summed E-state index contributed by atoms with van der Waals surface area (Å²) in [6.07, 6.45) is 2.19. The van der Waals surface area contributed by atoms with Gasteiger partial charge in [0.1, 0.15) is 56.0 Å². The highest BCUT2D eigenvalue weighted by Gasteiger charge is 2.29. The van der Waals surface area contributed by atoms with E-state index >= 15 is 0 Å². The van der Waals surface area contributed by atoms with Gasteiger partial charge in [0, 0.05) is 54.6 Å². The third kappa shape index (κ3) is 22.0. The van der Waals surface area contributed by atoms with Crippen molar-refractivity contribution in [2.75, 3.05) is 77.2 Å². The van der Waals surface area contributed by atoms with Gasteiger partial charge in [0.25, 0.3) is 21.9 Å². The van der Waals surface area contributed by atoms with Crippen molar-refractivity contribution in [2.45, 2.75) is 58.5 Å². The van der Waals surface area contributed by atoms with E-state index in [0.717, 1.165) is 42.5 Å². The fourth-order valence-corrected chi connectivity index (χ4v) is 12.1. The van der Waals surface area contributed by atoms with E-state index < -0.39 is 87.3 Å². The number of nitriles is 1. The van der Waals surface area contributed by atoms with Crippen molar-refractivity contribution in [3.8, 4) is 17.6 Å². The molecular weight excluding hydrogens is 1390 g/mol. The molecule has 3 heterocycles. The fraction of sp³-hybridized carbons (Fsp3) is 0.237. The molecule has 7 rings (SSSR count). The van der Waals surface area contributed by atoms with Crippen molar-refractivity contribution in [1.29, 1.82) is 5.26 Å². The van der Waals surface area contributed by atoms with Crippen molar-refractivity contribution in [1.82, 2.24) is 15.0 Å². The van der Waals surface area contributed by atoms with Crippen molar-refractivity contribution in [2.24, 2.45) is 20.5 Å². The van der Waals surface area contributed by atoms with Crippen molar-refractivity contribution in [3.63, 3.8) is 0 Å². The fourth-order valence-electron chi connectivity index (χ4n) is 8.54. The van der Waals surface area contributed by atoms with E-state index in [1.54, 1.807) is 24.3 Å². The van der Waals surface area contributed by atoms with E-state index in [-0.39, 0.29) is 66.8 Å². The maximum Gasteiger partial charge on any atom is 0.425 e. The van der Waals surface area contributed by atoms with Crippen LogP contribution in [0.4, 0.5) is 81.9 Å². The summed E-state index contributed by atoms with van der Waals surface area (Å²) in [4.78, 5) is 73.2. The third-order valence-electron chi connectivity index (χ3n) is 12.7. The van der Waals surface area contributed by atoms with E-state index in [0.29, 0.717) is 76.7 Å². The molecule has 0 aliphatic heterocycles. The molecule has 0 fully saturated rings. The molecule has 3 aromatic heterocycles. The first-order valence-corrected chi connectivity index (χ1v) is 34.0. The van der Waals surface area contributed by atoms with E-state index in [2.05, 4.69) is 46.6 Å². The third-order valence-corrected chi connectivity index (χ3v) is 16.5. The number of thiophene rings is 2. The van der Waals surface area contributed by atoms with Crippen molar-refractivity contribution >= 4 is 174 Å². The van der Waals surface area contributed by atoms with Gasteiger partial charge in [-0.3, -0.25) is 23.7 Å². The Labute approximate surface area is 569 Å². The molecule has 0 aliphatic rings. The Hall–Kier alpha value is -10.6. The average molecular weight is 1450 g/mol. The van der Waals surface area contributed by atoms with E-state index in [1.807, 2.05) is 44.4 Å². The van der Waals surface area contributed by atoms with Crippen LogP contribution in [0.2, 0.25) is 0 Å². The maximum atomic E-state index is 14.0. The quantitative estimate of drug-likeness (QED) is 0.00607. The second-order valence-electron chi connectivity index (χ2n) is 18.9. The molecule has 0 atom stereocenters. The molecule has 5 N–H and O–H groups in total.